The Kier molecular flexibility index (Phi) is 5.89. The van der Waals surface area contributed by atoms with Crippen LogP contribution in [0.5, 0.6) is 0 Å². The lowest BCUT2D eigenvalue weighted by Crippen LogP contribution is -3.13. The number of amides is 1. The van der Waals surface area contributed by atoms with Crippen molar-refractivity contribution < 1.29 is 18.8 Å². The Balaban J connectivity index is 1.92. The lowest BCUT2D eigenvalue weighted by atomic mass is 9.93. The SMILES string of the molecule is COCCn1nnnc1[C@@H](c1ccccc1F)[NH+]1CCC(C(N)=O)CC1. The van der Waals surface area contributed by atoms with Crippen molar-refractivity contribution in [2.45, 2.75) is 25.4 Å². The van der Waals surface area contributed by atoms with Crippen LogP contribution in [0.1, 0.15) is 30.3 Å². The summed E-state index contributed by atoms with van der Waals surface area (Å²) >= 11 is 0. The molecule has 1 aliphatic rings. The molecule has 1 aromatic carbocycles. The monoisotopic (exact) mass is 363 g/mol. The molecule has 3 rings (SSSR count). The van der Waals surface area contributed by atoms with Gasteiger partial charge in [0.25, 0.3) is 0 Å². The van der Waals surface area contributed by atoms with Crippen LogP contribution in [-0.2, 0) is 16.1 Å². The van der Waals surface area contributed by atoms with E-state index in [9.17, 15) is 9.18 Å². The molecule has 0 unspecified atom stereocenters. The van der Waals surface area contributed by atoms with Gasteiger partial charge in [0.1, 0.15) is 5.82 Å². The summed E-state index contributed by atoms with van der Waals surface area (Å²) in [6.07, 6.45) is 1.35. The number of ether oxygens (including phenoxy) is 1. The van der Waals surface area contributed by atoms with E-state index in [2.05, 4.69) is 15.5 Å². The highest BCUT2D eigenvalue weighted by atomic mass is 19.1. The number of halogens is 1. The molecule has 1 saturated heterocycles. The minimum atomic E-state index is -0.350. The third kappa shape index (κ3) is 3.88. The van der Waals surface area contributed by atoms with Gasteiger partial charge in [-0.25, -0.2) is 9.07 Å². The van der Waals surface area contributed by atoms with Crippen molar-refractivity contribution in [2.24, 2.45) is 11.7 Å². The molecule has 1 aliphatic heterocycles. The first-order valence-corrected chi connectivity index (χ1v) is 8.75. The third-order valence-corrected chi connectivity index (χ3v) is 4.98. The molecule has 1 aromatic heterocycles. The summed E-state index contributed by atoms with van der Waals surface area (Å²) in [5.41, 5.74) is 5.99. The highest BCUT2D eigenvalue weighted by molar-refractivity contribution is 5.76. The van der Waals surface area contributed by atoms with Gasteiger partial charge >= 0.3 is 0 Å². The van der Waals surface area contributed by atoms with Crippen LogP contribution in [0.4, 0.5) is 4.39 Å². The topological polar surface area (TPSA) is 100 Å². The normalized spacial score (nSPS) is 21.5. The fraction of sp³-hybridized carbons (Fsp3) is 0.529. The fourth-order valence-electron chi connectivity index (χ4n) is 3.57. The number of primary amides is 1. The second kappa shape index (κ2) is 8.33. The average Bonchev–Trinajstić information content (AvgIpc) is 3.10. The number of nitrogens with one attached hydrogen (secondary N) is 1. The molecule has 1 fully saturated rings. The molecule has 3 N–H and O–H groups in total. The predicted molar refractivity (Wildman–Crippen MR) is 90.6 cm³/mol. The summed E-state index contributed by atoms with van der Waals surface area (Å²) in [6.45, 7) is 2.34. The predicted octanol–water partition coefficient (Wildman–Crippen LogP) is -0.672. The molecule has 9 heteroatoms. The second-order valence-corrected chi connectivity index (χ2v) is 6.54. The maximum absolute atomic E-state index is 14.6. The number of likely N-dealkylation sites (tertiary alicyclic amines) is 1. The lowest BCUT2D eigenvalue weighted by Gasteiger charge is -2.33. The van der Waals surface area contributed by atoms with E-state index in [-0.39, 0.29) is 23.7 Å². The zero-order valence-corrected chi connectivity index (χ0v) is 14.8. The summed E-state index contributed by atoms with van der Waals surface area (Å²) in [5, 5.41) is 12.0. The van der Waals surface area contributed by atoms with Crippen molar-refractivity contribution in [2.75, 3.05) is 26.8 Å². The van der Waals surface area contributed by atoms with Crippen LogP contribution in [0, 0.1) is 11.7 Å². The zero-order chi connectivity index (χ0) is 18.5. The Labute approximate surface area is 151 Å². The molecule has 2 aromatic rings. The van der Waals surface area contributed by atoms with Gasteiger partial charge in [0.05, 0.1) is 31.8 Å². The molecule has 0 radical (unpaired) electrons. The molecule has 1 amide bonds. The van der Waals surface area contributed by atoms with Gasteiger partial charge in [0.15, 0.2) is 6.04 Å². The smallest absolute Gasteiger partial charge is 0.220 e. The maximum Gasteiger partial charge on any atom is 0.220 e. The van der Waals surface area contributed by atoms with Crippen LogP contribution in [0.2, 0.25) is 0 Å². The number of carbonyl (C=O) groups excluding carboxylic acids is 1. The van der Waals surface area contributed by atoms with Crippen molar-refractivity contribution in [3.05, 3.63) is 41.5 Å². The molecule has 1 atom stereocenters. The summed E-state index contributed by atoms with van der Waals surface area (Å²) in [4.78, 5) is 12.6. The first-order valence-electron chi connectivity index (χ1n) is 8.75. The van der Waals surface area contributed by atoms with Crippen LogP contribution in [0.25, 0.3) is 0 Å². The standard InChI is InChI=1S/C17H23FN6O2/c1-26-11-10-24-17(20-21-22-24)15(13-4-2-3-5-14(13)18)23-8-6-12(7-9-23)16(19)25/h2-5,12,15H,6-11H2,1H3,(H2,19,25)/p+1/t15-/m1/s1. The van der Waals surface area contributed by atoms with E-state index in [4.69, 9.17) is 10.5 Å². The first kappa shape index (κ1) is 18.4. The minimum absolute atomic E-state index is 0.121. The van der Waals surface area contributed by atoms with Crippen molar-refractivity contribution in [3.63, 3.8) is 0 Å². The number of benzene rings is 1. The van der Waals surface area contributed by atoms with Crippen LogP contribution in [0.3, 0.4) is 0 Å². The number of hydrogen-bond donors (Lipinski definition) is 2. The number of rotatable bonds is 7. The third-order valence-electron chi connectivity index (χ3n) is 4.98. The van der Waals surface area contributed by atoms with Crippen LogP contribution in [0.15, 0.2) is 24.3 Å². The number of aromatic nitrogens is 4. The van der Waals surface area contributed by atoms with E-state index < -0.39 is 0 Å². The number of nitrogens with zero attached hydrogens (tertiary/aromatic N) is 4. The van der Waals surface area contributed by atoms with Gasteiger partial charge in [-0.15, -0.1) is 5.10 Å². The van der Waals surface area contributed by atoms with Gasteiger partial charge in [-0.3, -0.25) is 4.79 Å². The van der Waals surface area contributed by atoms with Crippen molar-refractivity contribution in [1.29, 1.82) is 0 Å². The Morgan fingerprint density at radius 2 is 2.15 bits per heavy atom. The molecule has 2 heterocycles. The summed E-state index contributed by atoms with van der Waals surface area (Å²) in [7, 11) is 1.61. The van der Waals surface area contributed by atoms with E-state index >= 15 is 0 Å². The summed E-state index contributed by atoms with van der Waals surface area (Å²) in [6, 6.07) is 6.34. The number of hydrogen-bond acceptors (Lipinski definition) is 5. The van der Waals surface area contributed by atoms with Crippen molar-refractivity contribution in [3.8, 4) is 0 Å². The lowest BCUT2D eigenvalue weighted by molar-refractivity contribution is -0.932. The molecule has 26 heavy (non-hydrogen) atoms. The van der Waals surface area contributed by atoms with Gasteiger partial charge < -0.3 is 15.4 Å². The number of tetrazole rings is 1. The summed E-state index contributed by atoms with van der Waals surface area (Å²) in [5.74, 6) is -0.0797. The number of nitrogens with two attached hydrogens (primary N) is 1. The van der Waals surface area contributed by atoms with Gasteiger partial charge in [-0.05, 0) is 22.6 Å². The van der Waals surface area contributed by atoms with Gasteiger partial charge in [-0.1, -0.05) is 12.1 Å². The van der Waals surface area contributed by atoms with E-state index in [1.54, 1.807) is 23.9 Å². The molecule has 8 nitrogen and oxygen atoms in total. The van der Waals surface area contributed by atoms with Crippen LogP contribution in [-0.4, -0.2) is 52.9 Å². The molecular formula is C17H24FN6O2+. The van der Waals surface area contributed by atoms with Crippen molar-refractivity contribution >= 4 is 5.91 Å². The van der Waals surface area contributed by atoms with Crippen LogP contribution < -0.4 is 10.6 Å². The number of piperidine rings is 1. The Morgan fingerprint density at radius 1 is 1.42 bits per heavy atom. The van der Waals surface area contributed by atoms with Gasteiger partial charge in [-0.2, -0.15) is 0 Å². The van der Waals surface area contributed by atoms with Crippen LogP contribution >= 0.6 is 0 Å². The fourth-order valence-corrected chi connectivity index (χ4v) is 3.57. The highest BCUT2D eigenvalue weighted by Gasteiger charge is 2.37. The Hall–Kier alpha value is -2.39. The molecule has 140 valence electrons. The second-order valence-electron chi connectivity index (χ2n) is 6.54. The highest BCUT2D eigenvalue weighted by Crippen LogP contribution is 2.22. The Morgan fingerprint density at radius 3 is 2.81 bits per heavy atom. The quantitative estimate of drug-likeness (QED) is 0.679. The minimum Gasteiger partial charge on any atom is -0.383 e. The number of carbonyl (C=O) groups is 1. The van der Waals surface area contributed by atoms with E-state index in [0.29, 0.717) is 50.5 Å². The van der Waals surface area contributed by atoms with Crippen molar-refractivity contribution in [1.82, 2.24) is 20.2 Å². The molecule has 0 aliphatic carbocycles. The van der Waals surface area contributed by atoms with Gasteiger partial charge in [0.2, 0.25) is 11.7 Å². The maximum atomic E-state index is 14.6. The number of methoxy groups -OCH3 is 1. The first-order chi connectivity index (χ1) is 12.6. The largest absolute Gasteiger partial charge is 0.383 e. The molecular weight excluding hydrogens is 339 g/mol. The number of quaternary nitrogens is 1. The molecule has 0 saturated carbocycles. The Bertz CT molecular complexity index is 744. The molecule has 0 spiro atoms. The van der Waals surface area contributed by atoms with Gasteiger partial charge in [0, 0.05) is 25.9 Å². The zero-order valence-electron chi connectivity index (χ0n) is 14.8. The average molecular weight is 363 g/mol. The van der Waals surface area contributed by atoms with E-state index in [1.807, 2.05) is 6.07 Å². The van der Waals surface area contributed by atoms with E-state index in [0.717, 1.165) is 4.90 Å². The van der Waals surface area contributed by atoms with E-state index in [1.165, 1.54) is 6.07 Å². The summed E-state index contributed by atoms with van der Waals surface area (Å²) < 4.78 is 21.4. The molecule has 0 bridgehead atoms.